The zero-order valence-corrected chi connectivity index (χ0v) is 12.8. The molecular formula is C16H23NS. The second kappa shape index (κ2) is 7.32. The van der Waals surface area contributed by atoms with Gasteiger partial charge in [0.15, 0.2) is 0 Å². The van der Waals surface area contributed by atoms with Crippen LogP contribution in [0.25, 0.3) is 0 Å². The summed E-state index contributed by atoms with van der Waals surface area (Å²) in [6.07, 6.45) is 2.97. The summed E-state index contributed by atoms with van der Waals surface area (Å²) in [5, 5.41) is 1.22. The summed E-state index contributed by atoms with van der Waals surface area (Å²) in [6, 6.07) is 8.65. The minimum absolute atomic E-state index is 0.587. The zero-order valence-electron chi connectivity index (χ0n) is 12.0. The van der Waals surface area contributed by atoms with Crippen LogP contribution >= 0.6 is 11.3 Å². The highest BCUT2D eigenvalue weighted by Crippen LogP contribution is 2.23. The molecule has 0 radical (unpaired) electrons. The van der Waals surface area contributed by atoms with Gasteiger partial charge in [0.25, 0.3) is 0 Å². The van der Waals surface area contributed by atoms with E-state index >= 15 is 0 Å². The van der Waals surface area contributed by atoms with E-state index in [4.69, 9.17) is 0 Å². The van der Waals surface area contributed by atoms with Crippen molar-refractivity contribution in [3.63, 3.8) is 0 Å². The number of aromatic nitrogens is 1. The molecular weight excluding hydrogens is 238 g/mol. The second-order valence-corrected chi connectivity index (χ2v) is 5.62. The first-order valence-electron chi connectivity index (χ1n) is 6.65. The molecule has 2 heteroatoms. The lowest BCUT2D eigenvalue weighted by atomic mass is 10.1. The van der Waals surface area contributed by atoms with E-state index in [1.165, 1.54) is 21.0 Å². The van der Waals surface area contributed by atoms with Crippen LogP contribution in [0.3, 0.4) is 0 Å². The maximum atomic E-state index is 4.48. The minimum atomic E-state index is 0.587. The van der Waals surface area contributed by atoms with Gasteiger partial charge in [0.2, 0.25) is 0 Å². The van der Waals surface area contributed by atoms with Crippen LogP contribution in [0.4, 0.5) is 0 Å². The highest BCUT2D eigenvalue weighted by molar-refractivity contribution is 7.11. The van der Waals surface area contributed by atoms with Crippen LogP contribution in [-0.2, 0) is 6.42 Å². The SMILES string of the molecule is CC.Cc1cccc(Cc2ncc(C(C)C)s2)c1. The molecule has 0 bridgehead atoms. The van der Waals surface area contributed by atoms with Gasteiger partial charge in [-0.2, -0.15) is 0 Å². The molecule has 0 atom stereocenters. The Balaban J connectivity index is 0.000000771. The Kier molecular flexibility index (Phi) is 6.06. The first kappa shape index (κ1) is 14.9. The highest BCUT2D eigenvalue weighted by atomic mass is 32.1. The van der Waals surface area contributed by atoms with Crippen molar-refractivity contribution in [2.45, 2.75) is 47.0 Å². The summed E-state index contributed by atoms with van der Waals surface area (Å²) in [5.74, 6) is 0.587. The minimum Gasteiger partial charge on any atom is -0.249 e. The Bertz CT molecular complexity index is 471. The van der Waals surface area contributed by atoms with Gasteiger partial charge in [-0.05, 0) is 18.4 Å². The fraction of sp³-hybridized carbons (Fsp3) is 0.438. The van der Waals surface area contributed by atoms with Gasteiger partial charge in [-0.25, -0.2) is 4.98 Å². The Labute approximate surface area is 115 Å². The summed E-state index contributed by atoms with van der Waals surface area (Å²) in [4.78, 5) is 5.86. The lowest BCUT2D eigenvalue weighted by Gasteiger charge is -1.99. The molecule has 0 fully saturated rings. The molecule has 0 saturated heterocycles. The van der Waals surface area contributed by atoms with Gasteiger partial charge >= 0.3 is 0 Å². The molecule has 1 aromatic carbocycles. The van der Waals surface area contributed by atoms with Crippen LogP contribution in [0.15, 0.2) is 30.5 Å². The van der Waals surface area contributed by atoms with Crippen molar-refractivity contribution in [2.75, 3.05) is 0 Å². The van der Waals surface area contributed by atoms with Gasteiger partial charge in [-0.15, -0.1) is 11.3 Å². The number of hydrogen-bond donors (Lipinski definition) is 0. The molecule has 1 heterocycles. The van der Waals surface area contributed by atoms with Crippen molar-refractivity contribution in [1.82, 2.24) is 4.98 Å². The van der Waals surface area contributed by atoms with Crippen LogP contribution in [0.5, 0.6) is 0 Å². The van der Waals surface area contributed by atoms with Crippen molar-refractivity contribution >= 4 is 11.3 Å². The predicted molar refractivity (Wildman–Crippen MR) is 81.5 cm³/mol. The van der Waals surface area contributed by atoms with Crippen LogP contribution in [0.2, 0.25) is 0 Å². The van der Waals surface area contributed by atoms with Crippen molar-refractivity contribution in [1.29, 1.82) is 0 Å². The van der Waals surface area contributed by atoms with Gasteiger partial charge < -0.3 is 0 Å². The molecule has 2 aromatic rings. The highest BCUT2D eigenvalue weighted by Gasteiger charge is 2.06. The molecule has 0 aliphatic carbocycles. The molecule has 1 aromatic heterocycles. The van der Waals surface area contributed by atoms with E-state index in [0.29, 0.717) is 5.92 Å². The number of rotatable bonds is 3. The normalized spacial score (nSPS) is 10.1. The number of thiazole rings is 1. The standard InChI is InChI=1S/C14H17NS.C2H6/c1-10(2)13-9-15-14(16-13)8-12-6-4-5-11(3)7-12;1-2/h4-7,9-10H,8H2,1-3H3;1-2H3. The average Bonchev–Trinajstić information content (AvgIpc) is 2.80. The van der Waals surface area contributed by atoms with Crippen LogP contribution in [-0.4, -0.2) is 4.98 Å². The van der Waals surface area contributed by atoms with Gasteiger partial charge in [-0.1, -0.05) is 57.5 Å². The van der Waals surface area contributed by atoms with Crippen molar-refractivity contribution < 1.29 is 0 Å². The number of hydrogen-bond acceptors (Lipinski definition) is 2. The van der Waals surface area contributed by atoms with Crippen molar-refractivity contribution in [3.8, 4) is 0 Å². The van der Waals surface area contributed by atoms with Gasteiger partial charge in [-0.3, -0.25) is 0 Å². The lowest BCUT2D eigenvalue weighted by Crippen LogP contribution is -1.86. The molecule has 0 N–H and O–H groups in total. The quantitative estimate of drug-likeness (QED) is 0.740. The molecule has 0 aliphatic rings. The van der Waals surface area contributed by atoms with E-state index in [0.717, 1.165) is 6.42 Å². The van der Waals surface area contributed by atoms with Gasteiger partial charge in [0, 0.05) is 17.5 Å². The zero-order chi connectivity index (χ0) is 13.5. The number of aryl methyl sites for hydroxylation is 1. The van der Waals surface area contributed by atoms with E-state index in [9.17, 15) is 0 Å². The largest absolute Gasteiger partial charge is 0.249 e. The molecule has 0 unspecified atom stereocenters. The smallest absolute Gasteiger partial charge is 0.0971 e. The summed E-state index contributed by atoms with van der Waals surface area (Å²) >= 11 is 1.83. The Morgan fingerprint density at radius 3 is 2.50 bits per heavy atom. The molecule has 2 rings (SSSR count). The Hall–Kier alpha value is -1.15. The van der Waals surface area contributed by atoms with Gasteiger partial charge in [0.1, 0.15) is 0 Å². The molecule has 0 amide bonds. The van der Waals surface area contributed by atoms with E-state index in [-0.39, 0.29) is 0 Å². The fourth-order valence-electron chi connectivity index (χ4n) is 1.67. The first-order chi connectivity index (χ1) is 8.65. The van der Waals surface area contributed by atoms with Crippen LogP contribution in [0.1, 0.15) is 54.6 Å². The van der Waals surface area contributed by atoms with Crippen LogP contribution in [0, 0.1) is 6.92 Å². The third kappa shape index (κ3) is 4.26. The van der Waals surface area contributed by atoms with E-state index in [1.807, 2.05) is 31.4 Å². The predicted octanol–water partition coefficient (Wildman–Crippen LogP) is 5.19. The summed E-state index contributed by atoms with van der Waals surface area (Å²) < 4.78 is 0. The van der Waals surface area contributed by atoms with E-state index in [1.54, 1.807) is 0 Å². The molecule has 18 heavy (non-hydrogen) atoms. The third-order valence-electron chi connectivity index (χ3n) is 2.58. The van der Waals surface area contributed by atoms with Crippen LogP contribution < -0.4 is 0 Å². The molecule has 0 spiro atoms. The van der Waals surface area contributed by atoms with Crippen molar-refractivity contribution in [2.24, 2.45) is 0 Å². The van der Waals surface area contributed by atoms with Gasteiger partial charge in [0.05, 0.1) is 5.01 Å². The average molecular weight is 261 g/mol. The monoisotopic (exact) mass is 261 g/mol. The Morgan fingerprint density at radius 1 is 1.22 bits per heavy atom. The topological polar surface area (TPSA) is 12.9 Å². The molecule has 0 saturated carbocycles. The van der Waals surface area contributed by atoms with E-state index < -0.39 is 0 Å². The molecule has 98 valence electrons. The molecule has 0 aliphatic heterocycles. The maximum Gasteiger partial charge on any atom is 0.0971 e. The molecule has 1 nitrogen and oxygen atoms in total. The number of benzene rings is 1. The second-order valence-electron chi connectivity index (χ2n) is 4.48. The Morgan fingerprint density at radius 2 is 1.94 bits per heavy atom. The van der Waals surface area contributed by atoms with Crippen molar-refractivity contribution in [3.05, 3.63) is 51.5 Å². The summed E-state index contributed by atoms with van der Waals surface area (Å²) in [7, 11) is 0. The third-order valence-corrected chi connectivity index (χ3v) is 3.88. The fourth-order valence-corrected chi connectivity index (χ4v) is 2.63. The maximum absolute atomic E-state index is 4.48. The summed E-state index contributed by atoms with van der Waals surface area (Å²) in [5.41, 5.74) is 2.67. The lowest BCUT2D eigenvalue weighted by molar-refractivity contribution is 0.885. The number of nitrogens with zero attached hydrogens (tertiary/aromatic N) is 1. The summed E-state index contributed by atoms with van der Waals surface area (Å²) in [6.45, 7) is 10.6. The van der Waals surface area contributed by atoms with E-state index in [2.05, 4.69) is 50.0 Å². The first-order valence-corrected chi connectivity index (χ1v) is 7.47.